The zero-order chi connectivity index (χ0) is 16.1. The predicted octanol–water partition coefficient (Wildman–Crippen LogP) is 2.29. The molecule has 1 saturated heterocycles. The third kappa shape index (κ3) is 4.45. The van der Waals surface area contributed by atoms with Gasteiger partial charge in [-0.05, 0) is 18.3 Å². The second-order valence-corrected chi connectivity index (χ2v) is 6.78. The smallest absolute Gasteiger partial charge is 0.228 e. The molecule has 1 fully saturated rings. The predicted molar refractivity (Wildman–Crippen MR) is 88.0 cm³/mol. The van der Waals surface area contributed by atoms with Crippen LogP contribution in [0.15, 0.2) is 9.52 Å². The van der Waals surface area contributed by atoms with E-state index < -0.39 is 0 Å². The molecule has 0 radical (unpaired) electrons. The van der Waals surface area contributed by atoms with Gasteiger partial charge in [0.1, 0.15) is 0 Å². The minimum absolute atomic E-state index is 0.301. The van der Waals surface area contributed by atoms with Gasteiger partial charge in [0.2, 0.25) is 5.89 Å². The van der Waals surface area contributed by atoms with Gasteiger partial charge in [0, 0.05) is 39.0 Å². The van der Waals surface area contributed by atoms with Gasteiger partial charge in [0.05, 0.1) is 0 Å². The number of piperidine rings is 1. The first-order chi connectivity index (χ1) is 10.5. The Hall–Kier alpha value is -1.59. The number of nitrogens with one attached hydrogen (secondary N) is 1. The Bertz CT molecular complexity index is 486. The summed E-state index contributed by atoms with van der Waals surface area (Å²) in [5.74, 6) is 4.17. The van der Waals surface area contributed by atoms with Gasteiger partial charge in [-0.2, -0.15) is 4.98 Å². The Balaban J connectivity index is 1.83. The zero-order valence-corrected chi connectivity index (χ0v) is 14.5. The zero-order valence-electron chi connectivity index (χ0n) is 14.5. The lowest BCUT2D eigenvalue weighted by Gasteiger charge is -2.37. The van der Waals surface area contributed by atoms with Crippen LogP contribution in [-0.2, 0) is 6.42 Å². The average molecular weight is 307 g/mol. The van der Waals surface area contributed by atoms with E-state index >= 15 is 0 Å². The molecule has 1 aromatic rings. The van der Waals surface area contributed by atoms with Crippen LogP contribution in [0.5, 0.6) is 0 Å². The molecule has 1 aliphatic rings. The van der Waals surface area contributed by atoms with E-state index in [1.807, 2.05) is 7.05 Å². The maximum Gasteiger partial charge on any atom is 0.228 e. The quantitative estimate of drug-likeness (QED) is 0.683. The first-order valence-electron chi connectivity index (χ1n) is 8.27. The number of hydrogen-bond donors (Lipinski definition) is 1. The molecule has 0 amide bonds. The second kappa shape index (κ2) is 7.61. The third-order valence-electron chi connectivity index (χ3n) is 4.00. The van der Waals surface area contributed by atoms with Crippen LogP contribution in [0.2, 0.25) is 0 Å². The molecular formula is C16H29N5O. The van der Waals surface area contributed by atoms with Crippen molar-refractivity contribution < 1.29 is 4.52 Å². The molecule has 1 N–H and O–H groups in total. The van der Waals surface area contributed by atoms with Crippen molar-refractivity contribution in [3.8, 4) is 0 Å². The first kappa shape index (κ1) is 16.8. The highest BCUT2D eigenvalue weighted by molar-refractivity contribution is 5.80. The number of hydrogen-bond acceptors (Lipinski definition) is 4. The average Bonchev–Trinajstić information content (AvgIpc) is 2.91. The molecule has 0 aromatic carbocycles. The fourth-order valence-corrected chi connectivity index (χ4v) is 3.05. The van der Waals surface area contributed by atoms with Crippen molar-refractivity contribution in [2.45, 2.75) is 46.5 Å². The highest BCUT2D eigenvalue weighted by Crippen LogP contribution is 2.20. The third-order valence-corrected chi connectivity index (χ3v) is 4.00. The molecule has 2 rings (SSSR count). The summed E-state index contributed by atoms with van der Waals surface area (Å²) in [7, 11) is 1.84. The molecule has 0 bridgehead atoms. The summed E-state index contributed by atoms with van der Waals surface area (Å²) in [5, 5.41) is 7.40. The number of rotatable bonds is 4. The van der Waals surface area contributed by atoms with E-state index in [1.54, 1.807) is 0 Å². The van der Waals surface area contributed by atoms with Gasteiger partial charge in [0.15, 0.2) is 11.8 Å². The van der Waals surface area contributed by atoms with Crippen molar-refractivity contribution in [2.24, 2.45) is 16.8 Å². The summed E-state index contributed by atoms with van der Waals surface area (Å²) in [6.07, 6.45) is 2.02. The van der Waals surface area contributed by atoms with Gasteiger partial charge in [0.25, 0.3) is 0 Å². The lowest BCUT2D eigenvalue weighted by molar-refractivity contribution is 0.208. The van der Waals surface area contributed by atoms with E-state index in [0.717, 1.165) is 37.8 Å². The van der Waals surface area contributed by atoms with Crippen LogP contribution in [0, 0.1) is 11.8 Å². The van der Waals surface area contributed by atoms with Crippen LogP contribution in [0.1, 0.15) is 51.7 Å². The molecule has 6 heteroatoms. The summed E-state index contributed by atoms with van der Waals surface area (Å²) >= 11 is 0. The van der Waals surface area contributed by atoms with E-state index in [9.17, 15) is 0 Å². The van der Waals surface area contributed by atoms with Gasteiger partial charge in [-0.15, -0.1) is 0 Å². The maximum atomic E-state index is 5.27. The van der Waals surface area contributed by atoms with Crippen molar-refractivity contribution in [3.05, 3.63) is 11.7 Å². The fourth-order valence-electron chi connectivity index (χ4n) is 3.05. The molecule has 6 nitrogen and oxygen atoms in total. The van der Waals surface area contributed by atoms with Gasteiger partial charge >= 0.3 is 0 Å². The Morgan fingerprint density at radius 2 is 2.05 bits per heavy atom. The topological polar surface area (TPSA) is 66.5 Å². The summed E-state index contributed by atoms with van der Waals surface area (Å²) in [6.45, 7) is 11.6. The summed E-state index contributed by atoms with van der Waals surface area (Å²) < 4.78 is 5.27. The van der Waals surface area contributed by atoms with E-state index in [-0.39, 0.29) is 0 Å². The first-order valence-corrected chi connectivity index (χ1v) is 8.27. The normalized spacial score (nSPS) is 23.2. The fraction of sp³-hybridized carbons (Fsp3) is 0.812. The second-order valence-electron chi connectivity index (χ2n) is 6.78. The largest absolute Gasteiger partial charge is 0.356 e. The Labute approximate surface area is 133 Å². The summed E-state index contributed by atoms with van der Waals surface area (Å²) in [5.41, 5.74) is 0. The standard InChI is InChI=1S/C16H29N5O/c1-11(2)15-19-14(22-20-15)6-7-18-16(17-5)21-9-12(3)8-13(4)10-21/h11-13H,6-10H2,1-5H3,(H,17,18). The lowest BCUT2D eigenvalue weighted by atomic mass is 9.92. The van der Waals surface area contributed by atoms with Crippen molar-refractivity contribution in [1.29, 1.82) is 0 Å². The molecule has 0 saturated carbocycles. The van der Waals surface area contributed by atoms with Crippen LogP contribution in [-0.4, -0.2) is 47.7 Å². The summed E-state index contributed by atoms with van der Waals surface area (Å²) in [6, 6.07) is 0. The van der Waals surface area contributed by atoms with Gasteiger partial charge < -0.3 is 14.7 Å². The van der Waals surface area contributed by atoms with Gasteiger partial charge in [-0.25, -0.2) is 0 Å². The van der Waals surface area contributed by atoms with E-state index in [1.165, 1.54) is 6.42 Å². The number of aliphatic imine (C=N–C) groups is 1. The van der Waals surface area contributed by atoms with Crippen molar-refractivity contribution in [3.63, 3.8) is 0 Å². The highest BCUT2D eigenvalue weighted by Gasteiger charge is 2.23. The molecule has 2 heterocycles. The molecule has 1 aliphatic heterocycles. The highest BCUT2D eigenvalue weighted by atomic mass is 16.5. The molecular weight excluding hydrogens is 278 g/mol. The van der Waals surface area contributed by atoms with Crippen LogP contribution in [0.3, 0.4) is 0 Å². The Morgan fingerprint density at radius 1 is 1.36 bits per heavy atom. The van der Waals surface area contributed by atoms with E-state index in [0.29, 0.717) is 23.6 Å². The Kier molecular flexibility index (Phi) is 5.80. The number of nitrogens with zero attached hydrogens (tertiary/aromatic N) is 4. The minimum Gasteiger partial charge on any atom is -0.356 e. The molecule has 22 heavy (non-hydrogen) atoms. The van der Waals surface area contributed by atoms with Crippen LogP contribution in [0.4, 0.5) is 0 Å². The molecule has 0 spiro atoms. The van der Waals surface area contributed by atoms with Gasteiger partial charge in [-0.3, -0.25) is 4.99 Å². The number of aromatic nitrogens is 2. The van der Waals surface area contributed by atoms with Crippen molar-refractivity contribution >= 4 is 5.96 Å². The maximum absolute atomic E-state index is 5.27. The van der Waals surface area contributed by atoms with Crippen LogP contribution < -0.4 is 5.32 Å². The number of guanidine groups is 1. The minimum atomic E-state index is 0.301. The van der Waals surface area contributed by atoms with Gasteiger partial charge in [-0.1, -0.05) is 32.9 Å². The van der Waals surface area contributed by atoms with E-state index in [4.69, 9.17) is 4.52 Å². The van der Waals surface area contributed by atoms with Crippen LogP contribution in [0.25, 0.3) is 0 Å². The molecule has 2 unspecified atom stereocenters. The molecule has 124 valence electrons. The Morgan fingerprint density at radius 3 is 2.59 bits per heavy atom. The van der Waals surface area contributed by atoms with Crippen molar-refractivity contribution in [1.82, 2.24) is 20.4 Å². The van der Waals surface area contributed by atoms with E-state index in [2.05, 4.69) is 53.0 Å². The monoisotopic (exact) mass is 307 g/mol. The van der Waals surface area contributed by atoms with Crippen molar-refractivity contribution in [2.75, 3.05) is 26.7 Å². The number of likely N-dealkylation sites (tertiary alicyclic amines) is 1. The SMILES string of the molecule is CN=C(NCCc1nc(C(C)C)no1)N1CC(C)CC(C)C1. The molecule has 2 atom stereocenters. The van der Waals surface area contributed by atoms with Crippen LogP contribution >= 0.6 is 0 Å². The molecule has 1 aromatic heterocycles. The molecule has 0 aliphatic carbocycles. The lowest BCUT2D eigenvalue weighted by Crippen LogP contribution is -2.48. The summed E-state index contributed by atoms with van der Waals surface area (Å²) in [4.78, 5) is 11.2.